The van der Waals surface area contributed by atoms with Gasteiger partial charge in [-0.25, -0.2) is 0 Å². The van der Waals surface area contributed by atoms with Gasteiger partial charge in [0.2, 0.25) is 0 Å². The molecular formula is C14H24O3. The quantitative estimate of drug-likeness (QED) is 0.528. The summed E-state index contributed by atoms with van der Waals surface area (Å²) in [5.74, 6) is -0.0275. The summed E-state index contributed by atoms with van der Waals surface area (Å²) in [5.41, 5.74) is -0.845. The highest BCUT2D eigenvalue weighted by Crippen LogP contribution is 2.37. The molecule has 0 spiro atoms. The summed E-state index contributed by atoms with van der Waals surface area (Å²) < 4.78 is 5.51. The third-order valence-corrected chi connectivity index (χ3v) is 3.73. The van der Waals surface area contributed by atoms with Gasteiger partial charge in [0, 0.05) is 12.3 Å². The molecule has 0 aliphatic heterocycles. The van der Waals surface area contributed by atoms with Crippen LogP contribution in [-0.4, -0.2) is 17.9 Å². The van der Waals surface area contributed by atoms with Crippen molar-refractivity contribution < 1.29 is 14.3 Å². The van der Waals surface area contributed by atoms with Crippen LogP contribution in [0.3, 0.4) is 0 Å². The van der Waals surface area contributed by atoms with Crippen LogP contribution < -0.4 is 0 Å². The van der Waals surface area contributed by atoms with Crippen molar-refractivity contribution >= 4 is 12.3 Å². The molecule has 1 atom stereocenters. The smallest absolute Gasteiger partial charge is 0.306 e. The van der Waals surface area contributed by atoms with Crippen LogP contribution in [0.2, 0.25) is 0 Å². The van der Waals surface area contributed by atoms with Gasteiger partial charge in [0.05, 0.1) is 0 Å². The topological polar surface area (TPSA) is 43.4 Å². The molecule has 0 aromatic rings. The van der Waals surface area contributed by atoms with E-state index in [1.54, 1.807) is 6.92 Å². The molecule has 0 radical (unpaired) electrons. The Bertz CT molecular complexity index is 256. The first-order valence-electron chi connectivity index (χ1n) is 6.86. The first-order valence-corrected chi connectivity index (χ1v) is 6.86. The number of rotatable bonds is 6. The number of carbonyl (C=O) groups excluding carboxylic acids is 2. The molecule has 1 fully saturated rings. The van der Waals surface area contributed by atoms with E-state index in [1.807, 2.05) is 6.92 Å². The fourth-order valence-corrected chi connectivity index (χ4v) is 2.78. The Labute approximate surface area is 104 Å². The van der Waals surface area contributed by atoms with Crippen molar-refractivity contribution in [2.24, 2.45) is 5.92 Å². The molecule has 0 N–H and O–H groups in total. The highest BCUT2D eigenvalue weighted by Gasteiger charge is 2.41. The summed E-state index contributed by atoms with van der Waals surface area (Å²) in [4.78, 5) is 23.0. The van der Waals surface area contributed by atoms with E-state index in [-0.39, 0.29) is 11.9 Å². The van der Waals surface area contributed by atoms with Crippen LogP contribution in [0.25, 0.3) is 0 Å². The largest absolute Gasteiger partial charge is 0.451 e. The molecule has 3 nitrogen and oxygen atoms in total. The van der Waals surface area contributed by atoms with Crippen LogP contribution in [0.15, 0.2) is 0 Å². The van der Waals surface area contributed by atoms with Gasteiger partial charge >= 0.3 is 5.97 Å². The van der Waals surface area contributed by atoms with Gasteiger partial charge in [-0.3, -0.25) is 9.59 Å². The molecular weight excluding hydrogens is 216 g/mol. The van der Waals surface area contributed by atoms with E-state index in [0.717, 1.165) is 38.4 Å². The maximum absolute atomic E-state index is 11.5. The Hall–Kier alpha value is -0.860. The Morgan fingerprint density at radius 3 is 2.41 bits per heavy atom. The normalized spacial score (nSPS) is 20.6. The summed E-state index contributed by atoms with van der Waals surface area (Å²) >= 11 is 0. The molecule has 1 unspecified atom stereocenters. The van der Waals surface area contributed by atoms with Crippen LogP contribution in [0, 0.1) is 5.92 Å². The van der Waals surface area contributed by atoms with Gasteiger partial charge in [-0.15, -0.1) is 0 Å². The molecule has 0 aromatic heterocycles. The number of hydrogen-bond donors (Lipinski definition) is 0. The lowest BCUT2D eigenvalue weighted by atomic mass is 9.75. The minimum Gasteiger partial charge on any atom is -0.451 e. The van der Waals surface area contributed by atoms with Crippen LogP contribution in [-0.2, 0) is 14.3 Å². The second-order valence-electron chi connectivity index (χ2n) is 4.99. The predicted octanol–water partition coefficient (Wildman–Crippen LogP) is 3.26. The number of esters is 1. The van der Waals surface area contributed by atoms with E-state index in [9.17, 15) is 9.59 Å². The summed E-state index contributed by atoms with van der Waals surface area (Å²) in [6.07, 6.45) is 8.30. The van der Waals surface area contributed by atoms with Gasteiger partial charge in [-0.2, -0.15) is 0 Å². The number of carbonyl (C=O) groups is 2. The highest BCUT2D eigenvalue weighted by atomic mass is 16.6. The van der Waals surface area contributed by atoms with Gasteiger partial charge < -0.3 is 4.74 Å². The first-order chi connectivity index (χ1) is 8.18. The summed E-state index contributed by atoms with van der Waals surface area (Å²) in [7, 11) is 0. The number of ether oxygens (including phenoxy) is 1. The Balaban J connectivity index is 2.81. The number of hydrogen-bond acceptors (Lipinski definition) is 3. The molecule has 0 bridgehead atoms. The molecule has 1 aliphatic rings. The second-order valence-corrected chi connectivity index (χ2v) is 4.99. The van der Waals surface area contributed by atoms with E-state index in [4.69, 9.17) is 4.74 Å². The minimum absolute atomic E-state index is 0.226. The van der Waals surface area contributed by atoms with Crippen molar-refractivity contribution in [1.29, 1.82) is 0 Å². The molecule has 1 saturated carbocycles. The molecule has 1 aliphatic carbocycles. The Kier molecular flexibility index (Phi) is 5.66. The zero-order chi connectivity index (χ0) is 12.7. The van der Waals surface area contributed by atoms with Gasteiger partial charge in [0.25, 0.3) is 0 Å². The summed E-state index contributed by atoms with van der Waals surface area (Å²) in [6.45, 7) is 3.80. The fraction of sp³-hybridized carbons (Fsp3) is 0.857. The molecule has 0 saturated heterocycles. The monoisotopic (exact) mass is 240 g/mol. The standard InChI is InChI=1S/C14H24O3/c1-3-10-14(11-15,17-13(16)4-2)12-8-6-5-7-9-12/h11-12H,3-10H2,1-2H3. The van der Waals surface area contributed by atoms with E-state index in [1.165, 1.54) is 6.42 Å². The Morgan fingerprint density at radius 1 is 1.29 bits per heavy atom. The SMILES string of the molecule is CCCC(C=O)(OC(=O)CC)C1CCCCC1. The average molecular weight is 240 g/mol. The van der Waals surface area contributed by atoms with Crippen LogP contribution in [0.1, 0.15) is 65.2 Å². The first kappa shape index (κ1) is 14.2. The zero-order valence-electron chi connectivity index (χ0n) is 11.0. The van der Waals surface area contributed by atoms with Gasteiger partial charge in [-0.1, -0.05) is 39.5 Å². The van der Waals surface area contributed by atoms with E-state index in [0.29, 0.717) is 12.8 Å². The average Bonchev–Trinajstić information content (AvgIpc) is 2.39. The fourth-order valence-electron chi connectivity index (χ4n) is 2.78. The second kappa shape index (κ2) is 6.77. The van der Waals surface area contributed by atoms with Crippen LogP contribution >= 0.6 is 0 Å². The maximum atomic E-state index is 11.5. The third kappa shape index (κ3) is 3.55. The lowest BCUT2D eigenvalue weighted by Gasteiger charge is -2.37. The van der Waals surface area contributed by atoms with Gasteiger partial charge in [0.15, 0.2) is 11.9 Å². The molecule has 1 rings (SSSR count). The maximum Gasteiger partial charge on any atom is 0.306 e. The Morgan fingerprint density at radius 2 is 1.94 bits per heavy atom. The van der Waals surface area contributed by atoms with Crippen molar-refractivity contribution in [3.05, 3.63) is 0 Å². The summed E-state index contributed by atoms with van der Waals surface area (Å²) in [5, 5.41) is 0. The molecule has 0 aromatic carbocycles. The van der Waals surface area contributed by atoms with E-state index in [2.05, 4.69) is 0 Å². The lowest BCUT2D eigenvalue weighted by Crippen LogP contribution is -2.45. The van der Waals surface area contributed by atoms with E-state index < -0.39 is 5.60 Å². The van der Waals surface area contributed by atoms with E-state index >= 15 is 0 Å². The van der Waals surface area contributed by atoms with Gasteiger partial charge in [-0.05, 0) is 19.3 Å². The predicted molar refractivity (Wildman–Crippen MR) is 66.7 cm³/mol. The molecule has 0 amide bonds. The third-order valence-electron chi connectivity index (χ3n) is 3.73. The van der Waals surface area contributed by atoms with Crippen molar-refractivity contribution in [2.75, 3.05) is 0 Å². The van der Waals surface area contributed by atoms with Gasteiger partial charge in [0.1, 0.15) is 0 Å². The summed E-state index contributed by atoms with van der Waals surface area (Å²) in [6, 6.07) is 0. The lowest BCUT2D eigenvalue weighted by molar-refractivity contribution is -0.171. The minimum atomic E-state index is -0.845. The molecule has 98 valence electrons. The molecule has 17 heavy (non-hydrogen) atoms. The highest BCUT2D eigenvalue weighted by molar-refractivity contribution is 5.74. The van der Waals surface area contributed by atoms with Crippen LogP contribution in [0.4, 0.5) is 0 Å². The van der Waals surface area contributed by atoms with Crippen molar-refractivity contribution in [2.45, 2.75) is 70.8 Å². The number of aldehydes is 1. The van der Waals surface area contributed by atoms with Crippen molar-refractivity contribution in [3.8, 4) is 0 Å². The zero-order valence-corrected chi connectivity index (χ0v) is 11.0. The molecule has 0 heterocycles. The van der Waals surface area contributed by atoms with Crippen LogP contribution in [0.5, 0.6) is 0 Å². The van der Waals surface area contributed by atoms with Crippen molar-refractivity contribution in [1.82, 2.24) is 0 Å². The molecule has 3 heteroatoms. The van der Waals surface area contributed by atoms with Crippen molar-refractivity contribution in [3.63, 3.8) is 0 Å².